The lowest BCUT2D eigenvalue weighted by molar-refractivity contribution is -0.0172. The zero-order valence-electron chi connectivity index (χ0n) is 16.4. The molecule has 1 amide bonds. The Balaban J connectivity index is 1.30. The molecule has 0 aliphatic carbocycles. The second kappa shape index (κ2) is 9.59. The van der Waals surface area contributed by atoms with E-state index >= 15 is 0 Å². The fourth-order valence-corrected chi connectivity index (χ4v) is 4.96. The number of hydrogen-bond donors (Lipinski definition) is 1. The summed E-state index contributed by atoms with van der Waals surface area (Å²) >= 11 is 3.33. The maximum atomic E-state index is 13.8. The predicted octanol–water partition coefficient (Wildman–Crippen LogP) is 4.72. The van der Waals surface area contributed by atoms with Gasteiger partial charge in [0.25, 0.3) is 5.91 Å². The van der Waals surface area contributed by atoms with Crippen molar-refractivity contribution in [3.05, 3.63) is 75.5 Å². The summed E-state index contributed by atoms with van der Waals surface area (Å²) in [5, 5.41) is 4.93. The third-order valence-electron chi connectivity index (χ3n) is 4.61. The number of aromatic nitrogens is 1. The van der Waals surface area contributed by atoms with E-state index < -0.39 is 0 Å². The van der Waals surface area contributed by atoms with Gasteiger partial charge in [-0.05, 0) is 48.7 Å². The highest BCUT2D eigenvalue weighted by molar-refractivity contribution is 8.00. The molecule has 5 nitrogen and oxygen atoms in total. The minimum Gasteiger partial charge on any atom is -0.467 e. The first-order valence-electron chi connectivity index (χ1n) is 9.52. The van der Waals surface area contributed by atoms with Crippen LogP contribution in [0.2, 0.25) is 0 Å². The summed E-state index contributed by atoms with van der Waals surface area (Å²) in [6.07, 6.45) is 0.480. The number of nitrogens with one attached hydrogen (secondary N) is 1. The molecule has 2 heterocycles. The van der Waals surface area contributed by atoms with E-state index in [1.807, 2.05) is 36.6 Å². The monoisotopic (exact) mass is 444 g/mol. The highest BCUT2D eigenvalue weighted by atomic mass is 32.2. The van der Waals surface area contributed by atoms with Crippen LogP contribution in [0.15, 0.2) is 46.1 Å². The first-order chi connectivity index (χ1) is 14.6. The molecular formula is C22H21FN2O3S2. The molecule has 0 atom stereocenters. The molecule has 1 aliphatic rings. The van der Waals surface area contributed by atoms with E-state index in [1.165, 1.54) is 12.1 Å². The Labute approximate surface area is 182 Å². The summed E-state index contributed by atoms with van der Waals surface area (Å²) in [5.74, 6) is 0.988. The van der Waals surface area contributed by atoms with Gasteiger partial charge in [0.1, 0.15) is 15.9 Å². The number of halogens is 1. The summed E-state index contributed by atoms with van der Waals surface area (Å²) in [5.41, 5.74) is 4.20. The quantitative estimate of drug-likeness (QED) is 0.534. The van der Waals surface area contributed by atoms with Gasteiger partial charge in [-0.25, -0.2) is 9.37 Å². The SMILES string of the molecule is Cc1csc(SCc2ccc(C(=O)NCCc3cc(F)cc4c3OCOC4)cc2)n1. The van der Waals surface area contributed by atoms with Crippen LogP contribution in [-0.2, 0) is 23.5 Å². The summed E-state index contributed by atoms with van der Waals surface area (Å²) in [4.78, 5) is 16.9. The van der Waals surface area contributed by atoms with E-state index in [-0.39, 0.29) is 18.5 Å². The average molecular weight is 445 g/mol. The number of carbonyl (C=O) groups excluding carboxylic acids is 1. The van der Waals surface area contributed by atoms with Crippen LogP contribution in [0.3, 0.4) is 0 Å². The zero-order valence-corrected chi connectivity index (χ0v) is 18.1. The van der Waals surface area contributed by atoms with Gasteiger partial charge in [-0.3, -0.25) is 4.79 Å². The molecule has 8 heteroatoms. The van der Waals surface area contributed by atoms with Crippen molar-refractivity contribution in [2.75, 3.05) is 13.3 Å². The van der Waals surface area contributed by atoms with E-state index in [1.54, 1.807) is 23.1 Å². The second-order valence-corrected chi connectivity index (χ2v) is 8.99. The van der Waals surface area contributed by atoms with Crippen LogP contribution >= 0.6 is 23.1 Å². The smallest absolute Gasteiger partial charge is 0.251 e. The lowest BCUT2D eigenvalue weighted by atomic mass is 10.1. The maximum Gasteiger partial charge on any atom is 0.251 e. The van der Waals surface area contributed by atoms with Crippen molar-refractivity contribution in [2.24, 2.45) is 0 Å². The molecule has 0 spiro atoms. The fraction of sp³-hybridized carbons (Fsp3) is 0.273. The highest BCUT2D eigenvalue weighted by Gasteiger charge is 2.17. The van der Waals surface area contributed by atoms with Crippen LogP contribution in [-0.4, -0.2) is 24.2 Å². The Morgan fingerprint density at radius 3 is 2.90 bits per heavy atom. The molecule has 30 heavy (non-hydrogen) atoms. The van der Waals surface area contributed by atoms with Crippen molar-refractivity contribution >= 4 is 29.0 Å². The third kappa shape index (κ3) is 5.19. The number of thiazole rings is 1. The number of benzene rings is 2. The molecule has 3 aromatic rings. The van der Waals surface area contributed by atoms with Crippen LogP contribution in [0.1, 0.15) is 32.7 Å². The van der Waals surface area contributed by atoms with Gasteiger partial charge < -0.3 is 14.8 Å². The standard InChI is InChI=1S/C22H21FN2O3S2/c1-14-11-29-22(25-14)30-12-15-2-4-16(5-3-15)21(26)24-7-6-17-8-19(23)9-18-10-27-13-28-20(17)18/h2-5,8-9,11H,6-7,10,12-13H2,1H3,(H,24,26). The van der Waals surface area contributed by atoms with Gasteiger partial charge >= 0.3 is 0 Å². The molecular weight excluding hydrogens is 423 g/mol. The van der Waals surface area contributed by atoms with Crippen LogP contribution < -0.4 is 10.1 Å². The topological polar surface area (TPSA) is 60.5 Å². The largest absolute Gasteiger partial charge is 0.467 e. The van der Waals surface area contributed by atoms with Crippen molar-refractivity contribution in [1.82, 2.24) is 10.3 Å². The maximum absolute atomic E-state index is 13.8. The molecule has 0 bridgehead atoms. The van der Waals surface area contributed by atoms with Crippen molar-refractivity contribution in [3.63, 3.8) is 0 Å². The van der Waals surface area contributed by atoms with E-state index in [0.29, 0.717) is 36.4 Å². The number of thioether (sulfide) groups is 1. The lowest BCUT2D eigenvalue weighted by Gasteiger charge is -2.21. The molecule has 0 unspecified atom stereocenters. The van der Waals surface area contributed by atoms with Crippen molar-refractivity contribution in [3.8, 4) is 5.75 Å². The van der Waals surface area contributed by atoms with Crippen molar-refractivity contribution in [2.45, 2.75) is 30.0 Å². The van der Waals surface area contributed by atoms with E-state index in [4.69, 9.17) is 9.47 Å². The van der Waals surface area contributed by atoms with E-state index in [0.717, 1.165) is 26.9 Å². The number of ether oxygens (including phenoxy) is 2. The lowest BCUT2D eigenvalue weighted by Crippen LogP contribution is -2.26. The predicted molar refractivity (Wildman–Crippen MR) is 116 cm³/mol. The molecule has 1 aromatic heterocycles. The molecule has 2 aromatic carbocycles. The second-order valence-electron chi connectivity index (χ2n) is 6.91. The number of nitrogens with zero attached hydrogens (tertiary/aromatic N) is 1. The van der Waals surface area contributed by atoms with Gasteiger partial charge in [-0.1, -0.05) is 23.9 Å². The van der Waals surface area contributed by atoms with Crippen molar-refractivity contribution < 1.29 is 18.7 Å². The minimum atomic E-state index is -0.328. The Morgan fingerprint density at radius 2 is 2.13 bits per heavy atom. The Morgan fingerprint density at radius 1 is 1.30 bits per heavy atom. The van der Waals surface area contributed by atoms with Crippen LogP contribution in [0.25, 0.3) is 0 Å². The summed E-state index contributed by atoms with van der Waals surface area (Å²) < 4.78 is 25.6. The van der Waals surface area contributed by atoms with Crippen LogP contribution in [0.5, 0.6) is 5.75 Å². The first-order valence-corrected chi connectivity index (χ1v) is 11.4. The Bertz CT molecular complexity index is 1040. The highest BCUT2D eigenvalue weighted by Crippen LogP contribution is 2.29. The van der Waals surface area contributed by atoms with Crippen LogP contribution in [0, 0.1) is 12.7 Å². The molecule has 0 fully saturated rings. The number of fused-ring (bicyclic) bond motifs is 1. The molecule has 0 saturated heterocycles. The van der Waals surface area contributed by atoms with E-state index in [9.17, 15) is 9.18 Å². The van der Waals surface area contributed by atoms with Gasteiger partial charge in [0.15, 0.2) is 6.79 Å². The Hall–Kier alpha value is -2.42. The minimum absolute atomic E-state index is 0.153. The van der Waals surface area contributed by atoms with Gasteiger partial charge in [0.05, 0.1) is 6.61 Å². The molecule has 156 valence electrons. The van der Waals surface area contributed by atoms with Crippen LogP contribution in [0.4, 0.5) is 4.39 Å². The third-order valence-corrected chi connectivity index (χ3v) is 6.82. The summed E-state index contributed by atoms with van der Waals surface area (Å²) in [6, 6.07) is 10.4. The fourth-order valence-electron chi connectivity index (χ4n) is 3.15. The molecule has 1 aliphatic heterocycles. The summed E-state index contributed by atoms with van der Waals surface area (Å²) in [6.45, 7) is 2.86. The molecule has 0 radical (unpaired) electrons. The van der Waals surface area contributed by atoms with Crippen molar-refractivity contribution in [1.29, 1.82) is 0 Å². The number of carbonyl (C=O) groups is 1. The molecule has 0 saturated carbocycles. The molecule has 1 N–H and O–H groups in total. The van der Waals surface area contributed by atoms with Gasteiger partial charge in [0, 0.05) is 34.5 Å². The number of hydrogen-bond acceptors (Lipinski definition) is 6. The van der Waals surface area contributed by atoms with Gasteiger partial charge in [0.2, 0.25) is 0 Å². The summed E-state index contributed by atoms with van der Waals surface area (Å²) in [7, 11) is 0. The average Bonchev–Trinajstić information content (AvgIpc) is 3.17. The van der Waals surface area contributed by atoms with Gasteiger partial charge in [-0.15, -0.1) is 11.3 Å². The van der Waals surface area contributed by atoms with Gasteiger partial charge in [-0.2, -0.15) is 0 Å². The number of rotatable bonds is 7. The number of amides is 1. The Kier molecular flexibility index (Phi) is 6.66. The molecule has 4 rings (SSSR count). The van der Waals surface area contributed by atoms with E-state index in [2.05, 4.69) is 10.3 Å². The normalized spacial score (nSPS) is 12.9. The first kappa shape index (κ1) is 20.8. The number of aryl methyl sites for hydroxylation is 1. The zero-order chi connectivity index (χ0) is 20.9.